The summed E-state index contributed by atoms with van der Waals surface area (Å²) in [6.07, 6.45) is 6.09. The number of hydrogen-bond acceptors (Lipinski definition) is 6. The predicted octanol–water partition coefficient (Wildman–Crippen LogP) is 2.52. The first kappa shape index (κ1) is 28.3. The SMILES string of the molecule is C=C/C(=C\C=C(/CC)c1sc(C)nc1C)CNC(=O)CC[C@@H](O)CN(C)C(=O)CNC(C)=O. The van der Waals surface area contributed by atoms with Crippen molar-refractivity contribution in [2.75, 3.05) is 26.7 Å². The minimum Gasteiger partial charge on any atom is -0.391 e. The lowest BCUT2D eigenvalue weighted by Gasteiger charge is -2.21. The molecule has 0 saturated carbocycles. The van der Waals surface area contributed by atoms with Crippen molar-refractivity contribution in [1.29, 1.82) is 0 Å². The van der Waals surface area contributed by atoms with Gasteiger partial charge in [-0.2, -0.15) is 0 Å². The van der Waals surface area contributed by atoms with Gasteiger partial charge in [0.25, 0.3) is 0 Å². The van der Waals surface area contributed by atoms with Crippen LogP contribution in [0, 0.1) is 13.8 Å². The van der Waals surface area contributed by atoms with Gasteiger partial charge in [0, 0.05) is 33.5 Å². The highest BCUT2D eigenvalue weighted by molar-refractivity contribution is 7.12. The first-order valence-corrected chi connectivity index (χ1v) is 11.8. The number of hydrogen-bond donors (Lipinski definition) is 3. The summed E-state index contributed by atoms with van der Waals surface area (Å²) in [5.74, 6) is -0.794. The molecule has 0 bridgehead atoms. The normalized spacial score (nSPS) is 12.8. The lowest BCUT2D eigenvalue weighted by atomic mass is 10.1. The first-order chi connectivity index (χ1) is 15.6. The van der Waals surface area contributed by atoms with Crippen molar-refractivity contribution in [3.8, 4) is 0 Å². The van der Waals surface area contributed by atoms with Gasteiger partial charge in [0.15, 0.2) is 0 Å². The molecule has 1 rings (SSSR count). The van der Waals surface area contributed by atoms with Crippen LogP contribution in [-0.4, -0.2) is 65.5 Å². The van der Waals surface area contributed by atoms with Crippen LogP contribution in [0.1, 0.15) is 48.7 Å². The molecule has 0 aromatic carbocycles. The van der Waals surface area contributed by atoms with Crippen LogP contribution in [0.2, 0.25) is 0 Å². The molecule has 0 fully saturated rings. The minimum absolute atomic E-state index is 0.0879. The van der Waals surface area contributed by atoms with Crippen LogP contribution in [0.15, 0.2) is 30.4 Å². The molecule has 1 aromatic heterocycles. The Morgan fingerprint density at radius 2 is 1.91 bits per heavy atom. The van der Waals surface area contributed by atoms with E-state index in [9.17, 15) is 19.5 Å². The molecular weight excluding hydrogens is 440 g/mol. The lowest BCUT2D eigenvalue weighted by Crippen LogP contribution is -2.41. The summed E-state index contributed by atoms with van der Waals surface area (Å²) in [6, 6.07) is 0. The Balaban J connectivity index is 2.52. The van der Waals surface area contributed by atoms with Crippen LogP contribution in [0.25, 0.3) is 5.57 Å². The van der Waals surface area contributed by atoms with Crippen LogP contribution in [0.4, 0.5) is 0 Å². The third kappa shape index (κ3) is 10.6. The molecule has 182 valence electrons. The highest BCUT2D eigenvalue weighted by Crippen LogP contribution is 2.28. The molecule has 0 saturated heterocycles. The molecule has 3 N–H and O–H groups in total. The molecule has 9 heteroatoms. The maximum atomic E-state index is 12.2. The molecule has 3 amide bonds. The average Bonchev–Trinajstić information content (AvgIpc) is 3.10. The van der Waals surface area contributed by atoms with Gasteiger partial charge in [-0.25, -0.2) is 4.98 Å². The van der Waals surface area contributed by atoms with Crippen molar-refractivity contribution in [2.24, 2.45) is 0 Å². The Morgan fingerprint density at radius 3 is 2.45 bits per heavy atom. The zero-order valence-corrected chi connectivity index (χ0v) is 21.1. The standard InChI is InChI=1S/C24H36N4O4S/c1-7-19(9-10-20(8-2)24-16(3)27-18(5)33-24)13-26-22(31)12-11-21(30)15-28(6)23(32)14-25-17(4)29/h7,9-10,21,30H,1,8,11-15H2,2-6H3,(H,25,29)(H,26,31)/b19-9+,20-10+/t21-/m1/s1. The van der Waals surface area contributed by atoms with Crippen LogP contribution in [0.5, 0.6) is 0 Å². The van der Waals surface area contributed by atoms with E-state index in [0.29, 0.717) is 6.54 Å². The Hall–Kier alpha value is -2.78. The fraction of sp³-hybridized carbons (Fsp3) is 0.500. The monoisotopic (exact) mass is 476 g/mol. The number of aliphatic hydroxyl groups excluding tert-OH is 1. The highest BCUT2D eigenvalue weighted by Gasteiger charge is 2.15. The van der Waals surface area contributed by atoms with Gasteiger partial charge in [-0.3, -0.25) is 14.4 Å². The Morgan fingerprint density at radius 1 is 1.21 bits per heavy atom. The first-order valence-electron chi connectivity index (χ1n) is 11.0. The van der Waals surface area contributed by atoms with E-state index in [1.165, 1.54) is 22.3 Å². The number of carbonyl (C=O) groups excluding carboxylic acids is 3. The molecule has 1 atom stereocenters. The van der Waals surface area contributed by atoms with Gasteiger partial charge in [-0.05, 0) is 37.8 Å². The van der Waals surface area contributed by atoms with Crippen LogP contribution in [-0.2, 0) is 14.4 Å². The second kappa shape index (κ2) is 14.4. The van der Waals surface area contributed by atoms with Gasteiger partial charge >= 0.3 is 0 Å². The summed E-state index contributed by atoms with van der Waals surface area (Å²) in [4.78, 5) is 41.9. The van der Waals surface area contributed by atoms with E-state index in [1.807, 2.05) is 26.0 Å². The molecule has 0 spiro atoms. The predicted molar refractivity (Wildman–Crippen MR) is 133 cm³/mol. The summed E-state index contributed by atoms with van der Waals surface area (Å²) in [7, 11) is 1.54. The molecule has 33 heavy (non-hydrogen) atoms. The maximum Gasteiger partial charge on any atom is 0.241 e. The van der Waals surface area contributed by atoms with Crippen molar-refractivity contribution in [3.05, 3.63) is 46.0 Å². The number of aliphatic hydroxyl groups is 1. The van der Waals surface area contributed by atoms with Crippen LogP contribution in [0.3, 0.4) is 0 Å². The van der Waals surface area contributed by atoms with Gasteiger partial charge in [0.05, 0.1) is 28.2 Å². The fourth-order valence-corrected chi connectivity index (χ4v) is 4.04. The van der Waals surface area contributed by atoms with Gasteiger partial charge in [-0.15, -0.1) is 11.3 Å². The molecule has 8 nitrogen and oxygen atoms in total. The highest BCUT2D eigenvalue weighted by atomic mass is 32.1. The van der Waals surface area contributed by atoms with E-state index >= 15 is 0 Å². The van der Waals surface area contributed by atoms with Crippen LogP contribution >= 0.6 is 11.3 Å². The van der Waals surface area contributed by atoms with Crippen molar-refractivity contribution in [3.63, 3.8) is 0 Å². The summed E-state index contributed by atoms with van der Waals surface area (Å²) in [5, 5.41) is 16.4. The number of rotatable bonds is 13. The van der Waals surface area contributed by atoms with E-state index < -0.39 is 6.10 Å². The molecular formula is C24H36N4O4S. The van der Waals surface area contributed by atoms with Gasteiger partial charge < -0.3 is 20.6 Å². The third-order valence-electron chi connectivity index (χ3n) is 4.93. The van der Waals surface area contributed by atoms with E-state index in [4.69, 9.17) is 0 Å². The topological polar surface area (TPSA) is 112 Å². The number of amides is 3. The van der Waals surface area contributed by atoms with Gasteiger partial charge in [0.2, 0.25) is 17.7 Å². The van der Waals surface area contributed by atoms with Crippen molar-refractivity contribution in [1.82, 2.24) is 20.5 Å². The minimum atomic E-state index is -0.836. The third-order valence-corrected chi connectivity index (χ3v) is 6.08. The summed E-state index contributed by atoms with van der Waals surface area (Å²) in [5.41, 5.74) is 3.08. The molecule has 0 aliphatic heterocycles. The number of nitrogens with one attached hydrogen (secondary N) is 2. The lowest BCUT2D eigenvalue weighted by molar-refractivity contribution is -0.132. The second-order valence-corrected chi connectivity index (χ2v) is 9.00. The maximum absolute atomic E-state index is 12.2. The van der Waals surface area contributed by atoms with E-state index in [0.717, 1.165) is 22.7 Å². The largest absolute Gasteiger partial charge is 0.391 e. The molecule has 1 heterocycles. The van der Waals surface area contributed by atoms with Crippen molar-refractivity contribution >= 4 is 34.6 Å². The summed E-state index contributed by atoms with van der Waals surface area (Å²) < 4.78 is 0. The van der Waals surface area contributed by atoms with Gasteiger partial charge in [-0.1, -0.05) is 31.7 Å². The number of carbonyl (C=O) groups is 3. The number of allylic oxidation sites excluding steroid dienone is 3. The number of thiazole rings is 1. The number of aromatic nitrogens is 1. The molecule has 0 aliphatic rings. The Bertz CT molecular complexity index is 904. The fourth-order valence-electron chi connectivity index (χ4n) is 3.02. The van der Waals surface area contributed by atoms with Gasteiger partial charge in [0.1, 0.15) is 0 Å². The number of nitrogens with zero attached hydrogens (tertiary/aromatic N) is 2. The number of aryl methyl sites for hydroxylation is 2. The van der Waals surface area contributed by atoms with Crippen molar-refractivity contribution in [2.45, 2.75) is 53.1 Å². The number of likely N-dealkylation sites (N-methyl/N-ethyl adjacent to an activating group) is 1. The summed E-state index contributed by atoms with van der Waals surface area (Å²) in [6.45, 7) is 11.6. The molecule has 1 aromatic rings. The average molecular weight is 477 g/mol. The zero-order valence-electron chi connectivity index (χ0n) is 20.2. The van der Waals surface area contributed by atoms with E-state index in [1.54, 1.807) is 24.5 Å². The molecule has 0 unspecified atom stereocenters. The summed E-state index contributed by atoms with van der Waals surface area (Å²) >= 11 is 1.67. The Kier molecular flexibility index (Phi) is 12.3. The smallest absolute Gasteiger partial charge is 0.241 e. The van der Waals surface area contributed by atoms with Crippen LogP contribution < -0.4 is 10.6 Å². The molecule has 0 radical (unpaired) electrons. The van der Waals surface area contributed by atoms with Crippen molar-refractivity contribution < 1.29 is 19.5 Å². The van der Waals surface area contributed by atoms with E-state index in [-0.39, 0.29) is 43.7 Å². The quantitative estimate of drug-likeness (QED) is 0.379. The zero-order chi connectivity index (χ0) is 25.0. The Labute approximate surface area is 200 Å². The second-order valence-electron chi connectivity index (χ2n) is 7.79. The molecule has 0 aliphatic carbocycles. The van der Waals surface area contributed by atoms with E-state index in [2.05, 4.69) is 29.1 Å².